The molecule has 0 bridgehead atoms. The molecule has 1 saturated heterocycles. The molecule has 1 fully saturated rings. The Morgan fingerprint density at radius 2 is 2.00 bits per heavy atom. The van der Waals surface area contributed by atoms with Crippen molar-refractivity contribution in [1.82, 2.24) is 10.2 Å². The molecule has 106 valence electrons. The predicted octanol–water partition coefficient (Wildman–Crippen LogP) is 1.81. The molecular formula is C14H28N2O2. The number of rotatable bonds is 5. The highest BCUT2D eigenvalue weighted by Crippen LogP contribution is 2.33. The van der Waals surface area contributed by atoms with E-state index in [1.54, 1.807) is 6.92 Å². The van der Waals surface area contributed by atoms with Gasteiger partial charge in [0.2, 0.25) is 0 Å². The van der Waals surface area contributed by atoms with Crippen molar-refractivity contribution in [2.24, 2.45) is 11.3 Å². The minimum atomic E-state index is -0.832. The number of carboxylic acids is 1. The fourth-order valence-corrected chi connectivity index (χ4v) is 2.72. The van der Waals surface area contributed by atoms with Gasteiger partial charge in [-0.25, -0.2) is 0 Å². The average Bonchev–Trinajstić information content (AvgIpc) is 2.65. The normalized spacial score (nSPS) is 25.1. The van der Waals surface area contributed by atoms with Crippen LogP contribution in [0.2, 0.25) is 0 Å². The lowest BCUT2D eigenvalue weighted by atomic mass is 9.80. The van der Waals surface area contributed by atoms with E-state index in [1.807, 2.05) is 6.92 Å². The summed E-state index contributed by atoms with van der Waals surface area (Å²) >= 11 is 0. The van der Waals surface area contributed by atoms with Gasteiger partial charge in [0.15, 0.2) is 0 Å². The third-order valence-electron chi connectivity index (χ3n) is 4.08. The molecule has 18 heavy (non-hydrogen) atoms. The van der Waals surface area contributed by atoms with Crippen molar-refractivity contribution in [3.05, 3.63) is 0 Å². The molecule has 0 radical (unpaired) electrons. The monoisotopic (exact) mass is 256 g/mol. The van der Waals surface area contributed by atoms with Gasteiger partial charge in [-0.2, -0.15) is 0 Å². The van der Waals surface area contributed by atoms with Crippen LogP contribution in [0.3, 0.4) is 0 Å². The van der Waals surface area contributed by atoms with Crippen molar-refractivity contribution >= 4 is 5.97 Å². The number of likely N-dealkylation sites (tertiary alicyclic amines) is 1. The number of carbonyl (C=O) groups is 1. The predicted molar refractivity (Wildman–Crippen MR) is 73.7 cm³/mol. The third-order valence-corrected chi connectivity index (χ3v) is 4.08. The van der Waals surface area contributed by atoms with Crippen LogP contribution < -0.4 is 5.32 Å². The summed E-state index contributed by atoms with van der Waals surface area (Å²) in [5.41, 5.74) is -0.520. The van der Waals surface area contributed by atoms with E-state index in [1.165, 1.54) is 6.42 Å². The smallest absolute Gasteiger partial charge is 0.324 e. The minimum absolute atomic E-state index is 0.312. The molecule has 0 aromatic heterocycles. The van der Waals surface area contributed by atoms with E-state index in [0.29, 0.717) is 24.4 Å². The second kappa shape index (κ2) is 5.57. The molecule has 0 spiro atoms. The number of likely N-dealkylation sites (N-methyl/N-ethyl adjacent to an activating group) is 1. The van der Waals surface area contributed by atoms with E-state index in [2.05, 4.69) is 31.0 Å². The van der Waals surface area contributed by atoms with E-state index >= 15 is 0 Å². The summed E-state index contributed by atoms with van der Waals surface area (Å²) in [5.74, 6) is -0.0965. The summed E-state index contributed by atoms with van der Waals surface area (Å²) in [5, 5.41) is 12.5. The Kier molecular flexibility index (Phi) is 4.78. The molecule has 0 amide bonds. The maximum Gasteiger partial charge on any atom is 0.324 e. The first-order chi connectivity index (χ1) is 8.19. The number of nitrogens with zero attached hydrogens (tertiary/aromatic N) is 1. The lowest BCUT2D eigenvalue weighted by molar-refractivity contribution is -0.144. The molecule has 1 rings (SSSR count). The SMILES string of the molecule is CCNC(C)(CN1CCC(C(C)(C)C)C1)C(=O)O. The van der Waals surface area contributed by atoms with Crippen molar-refractivity contribution in [1.29, 1.82) is 0 Å². The van der Waals surface area contributed by atoms with Crippen LogP contribution in [0.1, 0.15) is 41.0 Å². The summed E-state index contributed by atoms with van der Waals surface area (Å²) in [6, 6.07) is 0. The van der Waals surface area contributed by atoms with Crippen LogP contribution in [-0.4, -0.2) is 47.7 Å². The van der Waals surface area contributed by atoms with Crippen molar-refractivity contribution in [2.75, 3.05) is 26.2 Å². The highest BCUT2D eigenvalue weighted by atomic mass is 16.4. The second-order valence-corrected chi connectivity index (χ2v) is 6.75. The van der Waals surface area contributed by atoms with Crippen molar-refractivity contribution < 1.29 is 9.90 Å². The molecule has 1 aliphatic heterocycles. The van der Waals surface area contributed by atoms with E-state index in [-0.39, 0.29) is 0 Å². The van der Waals surface area contributed by atoms with Crippen molar-refractivity contribution in [3.8, 4) is 0 Å². The van der Waals surface area contributed by atoms with Gasteiger partial charge in [0.05, 0.1) is 0 Å². The Bertz CT molecular complexity index is 299. The van der Waals surface area contributed by atoms with Crippen LogP contribution in [0, 0.1) is 11.3 Å². The molecule has 2 atom stereocenters. The van der Waals surface area contributed by atoms with E-state index in [0.717, 1.165) is 13.1 Å². The molecule has 0 aromatic carbocycles. The van der Waals surface area contributed by atoms with Gasteiger partial charge in [-0.3, -0.25) is 4.79 Å². The van der Waals surface area contributed by atoms with Gasteiger partial charge in [0.25, 0.3) is 0 Å². The van der Waals surface area contributed by atoms with Gasteiger partial charge in [-0.05, 0) is 37.8 Å². The van der Waals surface area contributed by atoms with Crippen LogP contribution >= 0.6 is 0 Å². The second-order valence-electron chi connectivity index (χ2n) is 6.75. The van der Waals surface area contributed by atoms with Crippen LogP contribution in [0.25, 0.3) is 0 Å². The van der Waals surface area contributed by atoms with E-state index < -0.39 is 11.5 Å². The molecular weight excluding hydrogens is 228 g/mol. The topological polar surface area (TPSA) is 52.6 Å². The largest absolute Gasteiger partial charge is 0.480 e. The van der Waals surface area contributed by atoms with Crippen LogP contribution in [0.5, 0.6) is 0 Å². The zero-order valence-corrected chi connectivity index (χ0v) is 12.4. The number of hydrogen-bond acceptors (Lipinski definition) is 3. The summed E-state index contributed by atoms with van der Waals surface area (Å²) in [6.07, 6.45) is 1.17. The standard InChI is InChI=1S/C14H28N2O2/c1-6-15-14(5,12(17)18)10-16-8-7-11(9-16)13(2,3)4/h11,15H,6-10H2,1-5H3,(H,17,18). The Morgan fingerprint density at radius 1 is 1.39 bits per heavy atom. The van der Waals surface area contributed by atoms with Gasteiger partial charge < -0.3 is 15.3 Å². The summed E-state index contributed by atoms with van der Waals surface area (Å²) in [7, 11) is 0. The maximum absolute atomic E-state index is 11.4. The number of aliphatic carboxylic acids is 1. The van der Waals surface area contributed by atoms with E-state index in [4.69, 9.17) is 0 Å². The van der Waals surface area contributed by atoms with Crippen LogP contribution in [0.4, 0.5) is 0 Å². The Balaban J connectivity index is 2.60. The Morgan fingerprint density at radius 3 is 2.39 bits per heavy atom. The summed E-state index contributed by atoms with van der Waals surface area (Å²) in [4.78, 5) is 13.7. The number of hydrogen-bond donors (Lipinski definition) is 2. The molecule has 2 unspecified atom stereocenters. The Hall–Kier alpha value is -0.610. The quantitative estimate of drug-likeness (QED) is 0.787. The fourth-order valence-electron chi connectivity index (χ4n) is 2.72. The van der Waals surface area contributed by atoms with Crippen LogP contribution in [-0.2, 0) is 4.79 Å². The highest BCUT2D eigenvalue weighted by molar-refractivity contribution is 5.78. The molecule has 0 aliphatic carbocycles. The molecule has 0 saturated carbocycles. The average molecular weight is 256 g/mol. The van der Waals surface area contributed by atoms with Crippen molar-refractivity contribution in [2.45, 2.75) is 46.6 Å². The lowest BCUT2D eigenvalue weighted by Crippen LogP contribution is -2.56. The van der Waals surface area contributed by atoms with Gasteiger partial charge in [-0.15, -0.1) is 0 Å². The molecule has 1 aliphatic rings. The Labute approximate surface area is 111 Å². The number of nitrogens with one attached hydrogen (secondary N) is 1. The number of carboxylic acid groups (broad SMARTS) is 1. The third kappa shape index (κ3) is 3.69. The van der Waals surface area contributed by atoms with Gasteiger partial charge >= 0.3 is 5.97 Å². The first-order valence-electron chi connectivity index (χ1n) is 6.90. The molecule has 0 aromatic rings. The maximum atomic E-state index is 11.4. The zero-order chi connectivity index (χ0) is 14.0. The summed E-state index contributed by atoms with van der Waals surface area (Å²) in [6.45, 7) is 13.8. The van der Waals surface area contributed by atoms with Gasteiger partial charge in [0.1, 0.15) is 5.54 Å². The zero-order valence-electron chi connectivity index (χ0n) is 12.4. The minimum Gasteiger partial charge on any atom is -0.480 e. The molecule has 4 heteroatoms. The molecule has 2 N–H and O–H groups in total. The van der Waals surface area contributed by atoms with Crippen molar-refractivity contribution in [3.63, 3.8) is 0 Å². The van der Waals surface area contributed by atoms with Gasteiger partial charge in [-0.1, -0.05) is 27.7 Å². The van der Waals surface area contributed by atoms with Crippen LogP contribution in [0.15, 0.2) is 0 Å². The first kappa shape index (κ1) is 15.4. The van der Waals surface area contributed by atoms with E-state index in [9.17, 15) is 9.90 Å². The highest BCUT2D eigenvalue weighted by Gasteiger charge is 2.38. The molecule has 4 nitrogen and oxygen atoms in total. The lowest BCUT2D eigenvalue weighted by Gasteiger charge is -2.32. The summed E-state index contributed by atoms with van der Waals surface area (Å²) < 4.78 is 0. The fraction of sp³-hybridized carbons (Fsp3) is 0.929. The van der Waals surface area contributed by atoms with Gasteiger partial charge in [0, 0.05) is 13.1 Å². The molecule has 1 heterocycles. The first-order valence-corrected chi connectivity index (χ1v) is 6.90.